The van der Waals surface area contributed by atoms with Gasteiger partial charge in [-0.25, -0.2) is 4.39 Å². The van der Waals surface area contributed by atoms with Gasteiger partial charge in [-0.2, -0.15) is 0 Å². The molecule has 0 spiro atoms. The molecule has 0 aliphatic carbocycles. The summed E-state index contributed by atoms with van der Waals surface area (Å²) in [6.45, 7) is 5.39. The number of halogens is 2. The zero-order valence-corrected chi connectivity index (χ0v) is 14.5. The molecule has 0 radical (unpaired) electrons. The van der Waals surface area contributed by atoms with Crippen LogP contribution in [0.25, 0.3) is 0 Å². The molecule has 1 N–H and O–H groups in total. The van der Waals surface area contributed by atoms with Crippen LogP contribution in [0.3, 0.4) is 0 Å². The van der Waals surface area contributed by atoms with Crippen LogP contribution in [0, 0.1) is 5.82 Å². The molecule has 1 fully saturated rings. The van der Waals surface area contributed by atoms with Gasteiger partial charge in [0.1, 0.15) is 11.6 Å². The molecule has 0 bridgehead atoms. The summed E-state index contributed by atoms with van der Waals surface area (Å²) in [6.07, 6.45) is 2.09. The smallest absolute Gasteiger partial charge is 0.150 e. The average molecular weight is 349 g/mol. The third-order valence-corrected chi connectivity index (χ3v) is 4.63. The zero-order valence-electron chi connectivity index (χ0n) is 13.8. The maximum atomic E-state index is 13.7. The van der Waals surface area contributed by atoms with Gasteiger partial charge < -0.3 is 15.0 Å². The van der Waals surface area contributed by atoms with Crippen LogP contribution in [0.1, 0.15) is 19.8 Å². The molecule has 1 aliphatic rings. The fourth-order valence-electron chi connectivity index (χ4n) is 2.95. The lowest BCUT2D eigenvalue weighted by Crippen LogP contribution is -2.38. The van der Waals surface area contributed by atoms with E-state index in [1.165, 1.54) is 12.1 Å². The second kappa shape index (κ2) is 7.86. The summed E-state index contributed by atoms with van der Waals surface area (Å²) in [4.78, 5) is 2.43. The number of ether oxygens (including phenoxy) is 1. The first kappa shape index (κ1) is 17.1. The predicted octanol–water partition coefficient (Wildman–Crippen LogP) is 5.17. The monoisotopic (exact) mass is 348 g/mol. The summed E-state index contributed by atoms with van der Waals surface area (Å²) in [5.74, 6) is 1.03. The lowest BCUT2D eigenvalue weighted by Gasteiger charge is -2.32. The molecule has 0 amide bonds. The topological polar surface area (TPSA) is 24.5 Å². The molecule has 2 aromatic rings. The molecule has 1 saturated heterocycles. The molecule has 1 aliphatic heterocycles. The number of hydrogen-bond acceptors (Lipinski definition) is 3. The van der Waals surface area contributed by atoms with Crippen molar-refractivity contribution in [1.29, 1.82) is 0 Å². The molecule has 0 saturated carbocycles. The van der Waals surface area contributed by atoms with Crippen LogP contribution in [-0.2, 0) is 0 Å². The van der Waals surface area contributed by atoms with E-state index >= 15 is 0 Å². The SMILES string of the molecule is CCN1CCC(Nc2cc(F)ccc2Oc2ccc(Cl)cc2)CC1. The van der Waals surface area contributed by atoms with E-state index in [1.807, 2.05) is 0 Å². The van der Waals surface area contributed by atoms with Gasteiger partial charge in [0, 0.05) is 30.2 Å². The summed E-state index contributed by atoms with van der Waals surface area (Å²) in [7, 11) is 0. The normalized spacial score (nSPS) is 16.1. The Morgan fingerprint density at radius 2 is 1.88 bits per heavy atom. The summed E-state index contributed by atoms with van der Waals surface area (Å²) >= 11 is 5.90. The van der Waals surface area contributed by atoms with E-state index in [9.17, 15) is 4.39 Å². The molecule has 128 valence electrons. The third-order valence-electron chi connectivity index (χ3n) is 4.38. The van der Waals surface area contributed by atoms with Gasteiger partial charge >= 0.3 is 0 Å². The number of likely N-dealkylation sites (tertiary alicyclic amines) is 1. The maximum Gasteiger partial charge on any atom is 0.150 e. The standard InChI is InChI=1S/C19H22ClFN2O/c1-2-23-11-9-16(10-12-23)22-18-13-15(21)5-8-19(18)24-17-6-3-14(20)4-7-17/h3-8,13,16,22H,2,9-12H2,1H3. The molecule has 1 heterocycles. The molecule has 0 aromatic heterocycles. The van der Waals surface area contributed by atoms with Gasteiger partial charge in [-0.05, 0) is 55.8 Å². The van der Waals surface area contributed by atoms with E-state index < -0.39 is 0 Å². The van der Waals surface area contributed by atoms with Crippen molar-refractivity contribution in [3.63, 3.8) is 0 Å². The van der Waals surface area contributed by atoms with Crippen molar-refractivity contribution in [2.24, 2.45) is 0 Å². The largest absolute Gasteiger partial charge is 0.455 e. The van der Waals surface area contributed by atoms with E-state index in [2.05, 4.69) is 17.1 Å². The Morgan fingerprint density at radius 3 is 2.54 bits per heavy atom. The first-order valence-electron chi connectivity index (χ1n) is 8.36. The molecular formula is C19H22ClFN2O. The minimum atomic E-state index is -0.271. The van der Waals surface area contributed by atoms with Crippen LogP contribution in [0.15, 0.2) is 42.5 Å². The fraction of sp³-hybridized carbons (Fsp3) is 0.368. The Labute approximate surface area is 147 Å². The first-order chi connectivity index (χ1) is 11.6. The van der Waals surface area contributed by atoms with E-state index in [-0.39, 0.29) is 5.82 Å². The highest BCUT2D eigenvalue weighted by atomic mass is 35.5. The van der Waals surface area contributed by atoms with Crippen LogP contribution in [0.2, 0.25) is 5.02 Å². The summed E-state index contributed by atoms with van der Waals surface area (Å²) in [5, 5.41) is 4.10. The Hall–Kier alpha value is -1.78. The number of hydrogen-bond donors (Lipinski definition) is 1. The van der Waals surface area contributed by atoms with Gasteiger partial charge in [-0.1, -0.05) is 18.5 Å². The van der Waals surface area contributed by atoms with Crippen LogP contribution in [0.5, 0.6) is 11.5 Å². The van der Waals surface area contributed by atoms with Crippen molar-refractivity contribution in [2.75, 3.05) is 25.0 Å². The van der Waals surface area contributed by atoms with Gasteiger partial charge in [0.2, 0.25) is 0 Å². The molecule has 2 aromatic carbocycles. The average Bonchev–Trinajstić information content (AvgIpc) is 2.60. The van der Waals surface area contributed by atoms with Gasteiger partial charge in [-0.15, -0.1) is 0 Å². The second-order valence-corrected chi connectivity index (χ2v) is 6.49. The molecule has 24 heavy (non-hydrogen) atoms. The molecule has 5 heteroatoms. The van der Waals surface area contributed by atoms with Crippen molar-refractivity contribution in [3.05, 3.63) is 53.3 Å². The molecule has 0 unspecified atom stereocenters. The maximum absolute atomic E-state index is 13.7. The summed E-state index contributed by atoms with van der Waals surface area (Å²) in [6, 6.07) is 12.1. The minimum absolute atomic E-state index is 0.271. The van der Waals surface area contributed by atoms with Crippen molar-refractivity contribution in [3.8, 4) is 11.5 Å². The van der Waals surface area contributed by atoms with Crippen molar-refractivity contribution < 1.29 is 9.13 Å². The van der Waals surface area contributed by atoms with Gasteiger partial charge in [-0.3, -0.25) is 0 Å². The lowest BCUT2D eigenvalue weighted by atomic mass is 10.0. The highest BCUT2D eigenvalue weighted by molar-refractivity contribution is 6.30. The number of nitrogens with one attached hydrogen (secondary N) is 1. The minimum Gasteiger partial charge on any atom is -0.455 e. The Balaban J connectivity index is 1.72. The number of rotatable bonds is 5. The quantitative estimate of drug-likeness (QED) is 0.807. The van der Waals surface area contributed by atoms with Crippen molar-refractivity contribution in [2.45, 2.75) is 25.8 Å². The van der Waals surface area contributed by atoms with Crippen molar-refractivity contribution in [1.82, 2.24) is 4.90 Å². The van der Waals surface area contributed by atoms with Crippen LogP contribution in [-0.4, -0.2) is 30.6 Å². The van der Waals surface area contributed by atoms with E-state index in [0.29, 0.717) is 28.3 Å². The van der Waals surface area contributed by atoms with Crippen LogP contribution >= 0.6 is 11.6 Å². The zero-order chi connectivity index (χ0) is 16.9. The number of anilines is 1. The van der Waals surface area contributed by atoms with Gasteiger partial charge in [0.15, 0.2) is 5.75 Å². The second-order valence-electron chi connectivity index (χ2n) is 6.05. The van der Waals surface area contributed by atoms with E-state index in [4.69, 9.17) is 16.3 Å². The van der Waals surface area contributed by atoms with Gasteiger partial charge in [0.25, 0.3) is 0 Å². The van der Waals surface area contributed by atoms with E-state index in [0.717, 1.165) is 32.5 Å². The lowest BCUT2D eigenvalue weighted by molar-refractivity contribution is 0.229. The molecule has 0 atom stereocenters. The Kier molecular flexibility index (Phi) is 5.59. The fourth-order valence-corrected chi connectivity index (χ4v) is 3.07. The first-order valence-corrected chi connectivity index (χ1v) is 8.73. The van der Waals surface area contributed by atoms with Crippen LogP contribution in [0.4, 0.5) is 10.1 Å². The number of nitrogens with zero attached hydrogens (tertiary/aromatic N) is 1. The summed E-state index contributed by atoms with van der Waals surface area (Å²) < 4.78 is 19.6. The Morgan fingerprint density at radius 1 is 1.17 bits per heavy atom. The highest BCUT2D eigenvalue weighted by Crippen LogP contribution is 2.32. The molecular weight excluding hydrogens is 327 g/mol. The summed E-state index contributed by atoms with van der Waals surface area (Å²) in [5.41, 5.74) is 0.694. The van der Waals surface area contributed by atoms with Gasteiger partial charge in [0.05, 0.1) is 5.69 Å². The molecule has 3 rings (SSSR count). The molecule has 3 nitrogen and oxygen atoms in total. The Bertz CT molecular complexity index is 670. The van der Waals surface area contributed by atoms with E-state index in [1.54, 1.807) is 30.3 Å². The number of piperidine rings is 1. The number of benzene rings is 2. The van der Waals surface area contributed by atoms with Crippen LogP contribution < -0.4 is 10.1 Å². The van der Waals surface area contributed by atoms with Crippen molar-refractivity contribution >= 4 is 17.3 Å². The highest BCUT2D eigenvalue weighted by Gasteiger charge is 2.19. The third kappa shape index (κ3) is 4.40. The predicted molar refractivity (Wildman–Crippen MR) is 96.7 cm³/mol.